The highest BCUT2D eigenvalue weighted by molar-refractivity contribution is 5.78. The van der Waals surface area contributed by atoms with Gasteiger partial charge in [-0.3, -0.25) is 4.79 Å². The minimum absolute atomic E-state index is 0.0233. The molecule has 3 aromatic rings. The van der Waals surface area contributed by atoms with Crippen LogP contribution >= 0.6 is 0 Å². The Morgan fingerprint density at radius 3 is 2.75 bits per heavy atom. The lowest BCUT2D eigenvalue weighted by molar-refractivity contribution is -0.130. The molecule has 4 rings (SSSR count). The van der Waals surface area contributed by atoms with Crippen LogP contribution in [0.25, 0.3) is 5.65 Å². The average molecular weight is 498 g/mol. The number of nitrogen functional groups attached to an aromatic ring is 1. The number of rotatable bonds is 11. The average Bonchev–Trinajstić information content (AvgIpc) is 3.27. The molecule has 194 valence electrons. The predicted molar refractivity (Wildman–Crippen MR) is 136 cm³/mol. The van der Waals surface area contributed by atoms with Crippen molar-refractivity contribution in [2.45, 2.75) is 33.1 Å². The third kappa shape index (κ3) is 6.00. The van der Waals surface area contributed by atoms with E-state index in [0.717, 1.165) is 48.6 Å². The van der Waals surface area contributed by atoms with Gasteiger partial charge in [0.1, 0.15) is 5.82 Å². The van der Waals surface area contributed by atoms with Gasteiger partial charge in [0.05, 0.1) is 31.6 Å². The maximum Gasteiger partial charge on any atom is 0.336 e. The number of carbonyl (C=O) groups excluding carboxylic acids is 1. The number of amides is 1. The summed E-state index contributed by atoms with van der Waals surface area (Å²) in [6.07, 6.45) is 6.16. The van der Waals surface area contributed by atoms with Gasteiger partial charge >= 0.3 is 6.01 Å². The molecule has 0 unspecified atom stereocenters. The van der Waals surface area contributed by atoms with E-state index in [1.165, 1.54) is 0 Å². The normalized spacial score (nSPS) is 14.0. The summed E-state index contributed by atoms with van der Waals surface area (Å²) in [6.45, 7) is 8.13. The largest absolute Gasteiger partial charge is 0.462 e. The van der Waals surface area contributed by atoms with E-state index in [0.29, 0.717) is 38.3 Å². The minimum atomic E-state index is 0.0233. The van der Waals surface area contributed by atoms with E-state index in [9.17, 15) is 4.79 Å². The van der Waals surface area contributed by atoms with Crippen molar-refractivity contribution >= 4 is 23.2 Å². The molecule has 0 bridgehead atoms. The second kappa shape index (κ2) is 12.0. The molecule has 12 nitrogen and oxygen atoms in total. The first-order valence-corrected chi connectivity index (χ1v) is 12.4. The Labute approximate surface area is 210 Å². The molecule has 0 spiro atoms. The number of imidazole rings is 1. The molecule has 4 N–H and O–H groups in total. The van der Waals surface area contributed by atoms with Crippen LogP contribution in [0.1, 0.15) is 36.6 Å². The third-order valence-corrected chi connectivity index (χ3v) is 6.16. The molecule has 0 aliphatic carbocycles. The zero-order valence-electron chi connectivity index (χ0n) is 21.0. The van der Waals surface area contributed by atoms with E-state index < -0.39 is 0 Å². The lowest BCUT2D eigenvalue weighted by atomic mass is 10.1. The third-order valence-electron chi connectivity index (χ3n) is 6.16. The lowest BCUT2D eigenvalue weighted by Gasteiger charge is -2.36. The van der Waals surface area contributed by atoms with Crippen LogP contribution in [-0.4, -0.2) is 93.0 Å². The van der Waals surface area contributed by atoms with Crippen LogP contribution in [0.2, 0.25) is 0 Å². The highest BCUT2D eigenvalue weighted by Crippen LogP contribution is 2.22. The molecule has 1 fully saturated rings. The maximum absolute atomic E-state index is 12.3. The van der Waals surface area contributed by atoms with Gasteiger partial charge in [-0.25, -0.2) is 14.5 Å². The highest BCUT2D eigenvalue weighted by Gasteiger charge is 2.23. The van der Waals surface area contributed by atoms with Crippen LogP contribution in [0.5, 0.6) is 6.01 Å². The fourth-order valence-electron chi connectivity index (χ4n) is 4.23. The number of pyridine rings is 1. The SMILES string of the molecule is CCCCOc1nc(N)c2ncc(Cc3cnc(N4CCN(C(=O)CNCCO)CC4)c(C)c3)n2n1. The predicted octanol–water partition coefficient (Wildman–Crippen LogP) is 0.410. The van der Waals surface area contributed by atoms with Gasteiger partial charge in [0, 0.05) is 45.3 Å². The molecule has 0 aromatic carbocycles. The smallest absolute Gasteiger partial charge is 0.336 e. The zero-order valence-corrected chi connectivity index (χ0v) is 21.0. The Hall–Kier alpha value is -3.51. The highest BCUT2D eigenvalue weighted by atomic mass is 16.5. The monoisotopic (exact) mass is 497 g/mol. The van der Waals surface area contributed by atoms with Crippen LogP contribution in [0.15, 0.2) is 18.5 Å². The molecule has 1 amide bonds. The number of ether oxygens (including phenoxy) is 1. The molecule has 1 aliphatic heterocycles. The van der Waals surface area contributed by atoms with Gasteiger partial charge in [0.2, 0.25) is 5.91 Å². The summed E-state index contributed by atoms with van der Waals surface area (Å²) in [5.41, 5.74) is 9.57. The number of hydrogen-bond donors (Lipinski definition) is 3. The topological polar surface area (TPSA) is 147 Å². The fourth-order valence-corrected chi connectivity index (χ4v) is 4.23. The Morgan fingerprint density at radius 1 is 1.22 bits per heavy atom. The summed E-state index contributed by atoms with van der Waals surface area (Å²) in [7, 11) is 0. The van der Waals surface area contributed by atoms with Crippen molar-refractivity contribution in [2.75, 3.05) is 63.1 Å². The number of aromatic nitrogens is 5. The van der Waals surface area contributed by atoms with Crippen LogP contribution in [0, 0.1) is 6.92 Å². The first kappa shape index (κ1) is 25.6. The second-order valence-electron chi connectivity index (χ2n) is 8.90. The molecule has 4 heterocycles. The first-order chi connectivity index (χ1) is 17.5. The van der Waals surface area contributed by atoms with Crippen molar-refractivity contribution in [3.63, 3.8) is 0 Å². The Morgan fingerprint density at radius 2 is 2.03 bits per heavy atom. The summed E-state index contributed by atoms with van der Waals surface area (Å²) in [6, 6.07) is 2.38. The number of nitrogens with one attached hydrogen (secondary N) is 1. The van der Waals surface area contributed by atoms with Crippen molar-refractivity contribution in [1.82, 2.24) is 34.8 Å². The number of nitrogens with two attached hydrogens (primary N) is 1. The molecule has 0 atom stereocenters. The van der Waals surface area contributed by atoms with Gasteiger partial charge in [0.15, 0.2) is 11.5 Å². The molecule has 36 heavy (non-hydrogen) atoms. The van der Waals surface area contributed by atoms with E-state index in [1.807, 2.05) is 11.1 Å². The molecular formula is C24H35N9O3. The molecular weight excluding hydrogens is 462 g/mol. The standard InChI is InChI=1S/C24H35N9O3/c1-3-4-11-36-24-29-21(25)23-28-15-19(33(23)30-24)13-18-12-17(2)22(27-14-18)32-8-6-31(7-9-32)20(35)16-26-5-10-34/h12,14-15,26,34H,3-11,13,16H2,1-2H3,(H2,25,29,30). The van der Waals surface area contributed by atoms with Crippen molar-refractivity contribution in [1.29, 1.82) is 0 Å². The molecule has 3 aromatic heterocycles. The van der Waals surface area contributed by atoms with Gasteiger partial charge < -0.3 is 30.7 Å². The van der Waals surface area contributed by atoms with Crippen LogP contribution in [0.3, 0.4) is 0 Å². The zero-order chi connectivity index (χ0) is 25.5. The van der Waals surface area contributed by atoms with Gasteiger partial charge in [-0.15, -0.1) is 5.10 Å². The van der Waals surface area contributed by atoms with Crippen LogP contribution in [0.4, 0.5) is 11.6 Å². The maximum atomic E-state index is 12.3. The lowest BCUT2D eigenvalue weighted by Crippen LogP contribution is -2.51. The second-order valence-corrected chi connectivity index (χ2v) is 8.90. The molecule has 1 aliphatic rings. The molecule has 1 saturated heterocycles. The number of carbonyl (C=O) groups is 1. The molecule has 12 heteroatoms. The summed E-state index contributed by atoms with van der Waals surface area (Å²) in [5.74, 6) is 1.27. The van der Waals surface area contributed by atoms with Gasteiger partial charge in [-0.2, -0.15) is 4.98 Å². The number of piperazine rings is 1. The summed E-state index contributed by atoms with van der Waals surface area (Å²) in [4.78, 5) is 29.7. The number of aliphatic hydroxyl groups is 1. The molecule has 0 saturated carbocycles. The first-order valence-electron chi connectivity index (χ1n) is 12.4. The van der Waals surface area contributed by atoms with Gasteiger partial charge in [-0.1, -0.05) is 19.4 Å². The Bertz CT molecular complexity index is 1180. The van der Waals surface area contributed by atoms with Crippen molar-refractivity contribution < 1.29 is 14.6 Å². The van der Waals surface area contributed by atoms with Crippen LogP contribution in [-0.2, 0) is 11.2 Å². The van der Waals surface area contributed by atoms with Crippen molar-refractivity contribution in [3.8, 4) is 6.01 Å². The number of aliphatic hydroxyl groups excluding tert-OH is 1. The fraction of sp³-hybridized carbons (Fsp3) is 0.542. The van der Waals surface area contributed by atoms with Crippen molar-refractivity contribution in [3.05, 3.63) is 35.3 Å². The van der Waals surface area contributed by atoms with Crippen molar-refractivity contribution in [2.24, 2.45) is 0 Å². The number of unbranched alkanes of at least 4 members (excludes halogenated alkanes) is 1. The van der Waals surface area contributed by atoms with E-state index in [1.54, 1.807) is 10.7 Å². The van der Waals surface area contributed by atoms with Gasteiger partial charge in [-0.05, 0) is 24.5 Å². The number of anilines is 2. The minimum Gasteiger partial charge on any atom is -0.462 e. The number of hydrogen-bond acceptors (Lipinski definition) is 10. The number of aryl methyl sites for hydroxylation is 1. The summed E-state index contributed by atoms with van der Waals surface area (Å²) >= 11 is 0. The van der Waals surface area contributed by atoms with E-state index in [-0.39, 0.29) is 30.9 Å². The summed E-state index contributed by atoms with van der Waals surface area (Å²) < 4.78 is 7.34. The Balaban J connectivity index is 1.41. The quantitative estimate of drug-likeness (QED) is 0.318. The molecule has 0 radical (unpaired) electrons. The Kier molecular flexibility index (Phi) is 8.49. The van der Waals surface area contributed by atoms with Gasteiger partial charge in [0.25, 0.3) is 0 Å². The number of nitrogens with zero attached hydrogens (tertiary/aromatic N) is 7. The van der Waals surface area contributed by atoms with E-state index in [4.69, 9.17) is 20.6 Å². The van der Waals surface area contributed by atoms with E-state index in [2.05, 4.69) is 45.2 Å². The van der Waals surface area contributed by atoms with Crippen LogP contribution < -0.4 is 20.7 Å². The summed E-state index contributed by atoms with van der Waals surface area (Å²) in [5, 5.41) is 16.3. The van der Waals surface area contributed by atoms with E-state index >= 15 is 0 Å². The number of fused-ring (bicyclic) bond motifs is 1.